The van der Waals surface area contributed by atoms with Crippen molar-refractivity contribution in [1.82, 2.24) is 24.4 Å². The SMILES string of the molecule is N#Cc1ccc(COc2cncc(C3CCN(Cc4nc5ccc(C(N)=O)cc5n4C[C@@H]4CCO4)CC3)n2)c(F)c1. The van der Waals surface area contributed by atoms with E-state index >= 15 is 0 Å². The second-order valence-electron chi connectivity index (χ2n) is 10.5. The van der Waals surface area contributed by atoms with Crippen LogP contribution in [0.15, 0.2) is 48.8 Å². The van der Waals surface area contributed by atoms with Gasteiger partial charge in [0.25, 0.3) is 0 Å². The van der Waals surface area contributed by atoms with E-state index in [1.54, 1.807) is 24.4 Å². The summed E-state index contributed by atoms with van der Waals surface area (Å²) in [5.74, 6) is 0.579. The first-order valence-electron chi connectivity index (χ1n) is 13.7. The first-order chi connectivity index (χ1) is 20.0. The van der Waals surface area contributed by atoms with Crippen molar-refractivity contribution in [2.45, 2.75) is 51.0 Å². The molecular weight excluding hydrogens is 525 g/mol. The van der Waals surface area contributed by atoms with Crippen LogP contribution in [0.2, 0.25) is 0 Å². The topological polar surface area (TPSA) is 132 Å². The van der Waals surface area contributed by atoms with E-state index in [4.69, 9.17) is 25.5 Å². The zero-order valence-electron chi connectivity index (χ0n) is 22.5. The molecule has 0 bridgehead atoms. The standard InChI is InChI=1S/C30H30FN7O3/c31-24-11-19(13-32)1-2-22(24)18-41-29-15-34-14-26(36-29)20-5-8-37(9-6-20)17-28-35-25-4-3-21(30(33)39)12-27(25)38(28)16-23-7-10-40-23/h1-4,11-12,14-15,20,23H,5-10,16-18H2,(H2,33,39)/t23-/m0/s1. The highest BCUT2D eigenvalue weighted by molar-refractivity contribution is 5.96. The number of benzene rings is 2. The van der Waals surface area contributed by atoms with Crippen LogP contribution >= 0.6 is 0 Å². The Bertz CT molecular complexity index is 1620. The Balaban J connectivity index is 1.10. The van der Waals surface area contributed by atoms with Crippen molar-refractivity contribution in [3.63, 3.8) is 0 Å². The summed E-state index contributed by atoms with van der Waals surface area (Å²) in [6.45, 7) is 3.88. The summed E-state index contributed by atoms with van der Waals surface area (Å²) in [4.78, 5) is 28.0. The predicted octanol–water partition coefficient (Wildman–Crippen LogP) is 3.68. The number of carbonyl (C=O) groups excluding carboxylic acids is 1. The Hall–Kier alpha value is -4.40. The number of ether oxygens (including phenoxy) is 2. The Morgan fingerprint density at radius 3 is 2.68 bits per heavy atom. The average Bonchev–Trinajstić information content (AvgIpc) is 3.30. The lowest BCUT2D eigenvalue weighted by Gasteiger charge is -2.32. The third-order valence-corrected chi connectivity index (χ3v) is 7.85. The normalized spacial score (nSPS) is 17.7. The van der Waals surface area contributed by atoms with Crippen LogP contribution in [0.1, 0.15) is 58.2 Å². The summed E-state index contributed by atoms with van der Waals surface area (Å²) >= 11 is 0. The third kappa shape index (κ3) is 5.89. The molecule has 4 aromatic rings. The molecule has 2 aliphatic heterocycles. The van der Waals surface area contributed by atoms with Gasteiger partial charge in [0, 0.05) is 29.8 Å². The van der Waals surface area contributed by atoms with Crippen LogP contribution in [-0.4, -0.2) is 56.1 Å². The second-order valence-corrected chi connectivity index (χ2v) is 10.5. The van der Waals surface area contributed by atoms with Crippen molar-refractivity contribution >= 4 is 16.9 Å². The highest BCUT2D eigenvalue weighted by Gasteiger charge is 2.26. The number of primary amides is 1. The fraction of sp³-hybridized carbons (Fsp3) is 0.367. The number of halogens is 1. The Kier molecular flexibility index (Phi) is 7.59. The number of amides is 1. The zero-order chi connectivity index (χ0) is 28.3. The molecular formula is C30H30FN7O3. The summed E-state index contributed by atoms with van der Waals surface area (Å²) in [5, 5.41) is 8.92. The van der Waals surface area contributed by atoms with Gasteiger partial charge in [0.05, 0.1) is 53.8 Å². The van der Waals surface area contributed by atoms with Crippen molar-refractivity contribution in [3.05, 3.63) is 82.8 Å². The maximum Gasteiger partial charge on any atom is 0.248 e. The summed E-state index contributed by atoms with van der Waals surface area (Å²) in [5.41, 5.74) is 9.22. The van der Waals surface area contributed by atoms with Gasteiger partial charge in [-0.1, -0.05) is 6.07 Å². The van der Waals surface area contributed by atoms with Gasteiger partial charge in [-0.15, -0.1) is 0 Å². The molecule has 2 aromatic carbocycles. The number of imidazole rings is 1. The molecule has 0 aliphatic carbocycles. The van der Waals surface area contributed by atoms with E-state index in [0.29, 0.717) is 30.1 Å². The van der Waals surface area contributed by atoms with Gasteiger partial charge in [-0.25, -0.2) is 14.4 Å². The smallest absolute Gasteiger partial charge is 0.248 e. The lowest BCUT2D eigenvalue weighted by molar-refractivity contribution is -0.0592. The number of nitrogens with two attached hydrogens (primary N) is 1. The number of carbonyl (C=O) groups is 1. The number of aromatic nitrogens is 4. The summed E-state index contributed by atoms with van der Waals surface area (Å²) < 4.78 is 27.8. The molecule has 2 fully saturated rings. The number of fused-ring (bicyclic) bond motifs is 1. The fourth-order valence-electron chi connectivity index (χ4n) is 5.38. The van der Waals surface area contributed by atoms with Gasteiger partial charge in [-0.05, 0) is 62.7 Å². The average molecular weight is 556 g/mol. The number of nitriles is 1. The van der Waals surface area contributed by atoms with Crippen LogP contribution in [-0.2, 0) is 24.4 Å². The van der Waals surface area contributed by atoms with Gasteiger partial charge in [0.15, 0.2) is 0 Å². The molecule has 2 aliphatic rings. The Labute approximate surface area is 236 Å². The van der Waals surface area contributed by atoms with E-state index in [0.717, 1.165) is 61.5 Å². The molecule has 0 radical (unpaired) electrons. The first-order valence-corrected chi connectivity index (χ1v) is 13.7. The molecule has 4 heterocycles. The molecule has 2 N–H and O–H groups in total. The van der Waals surface area contributed by atoms with Crippen molar-refractivity contribution in [2.24, 2.45) is 5.73 Å². The molecule has 0 saturated carbocycles. The Morgan fingerprint density at radius 2 is 1.98 bits per heavy atom. The minimum absolute atomic E-state index is 0.00194. The molecule has 41 heavy (non-hydrogen) atoms. The maximum absolute atomic E-state index is 14.2. The third-order valence-electron chi connectivity index (χ3n) is 7.85. The lowest BCUT2D eigenvalue weighted by Crippen LogP contribution is -2.35. The summed E-state index contributed by atoms with van der Waals surface area (Å²) in [6.07, 6.45) is 6.26. The molecule has 0 spiro atoms. The molecule has 0 unspecified atom stereocenters. The minimum Gasteiger partial charge on any atom is -0.472 e. The van der Waals surface area contributed by atoms with Gasteiger partial charge in [-0.2, -0.15) is 5.26 Å². The van der Waals surface area contributed by atoms with E-state index in [-0.39, 0.29) is 24.2 Å². The largest absolute Gasteiger partial charge is 0.472 e. The predicted molar refractivity (Wildman–Crippen MR) is 147 cm³/mol. The number of nitrogens with zero attached hydrogens (tertiary/aromatic N) is 6. The molecule has 210 valence electrons. The number of hydrogen-bond donors (Lipinski definition) is 1. The molecule has 6 rings (SSSR count). The molecule has 2 saturated heterocycles. The molecule has 10 nitrogen and oxygen atoms in total. The minimum atomic E-state index is -0.484. The van der Waals surface area contributed by atoms with E-state index in [9.17, 15) is 9.18 Å². The maximum atomic E-state index is 14.2. The quantitative estimate of drug-likeness (QED) is 0.331. The van der Waals surface area contributed by atoms with Gasteiger partial charge in [0.2, 0.25) is 11.8 Å². The van der Waals surface area contributed by atoms with Crippen LogP contribution in [0.25, 0.3) is 11.0 Å². The van der Waals surface area contributed by atoms with Gasteiger partial charge >= 0.3 is 0 Å². The van der Waals surface area contributed by atoms with E-state index < -0.39 is 11.7 Å². The highest BCUT2D eigenvalue weighted by Crippen LogP contribution is 2.29. The van der Waals surface area contributed by atoms with E-state index in [1.165, 1.54) is 12.3 Å². The van der Waals surface area contributed by atoms with Crippen molar-refractivity contribution in [3.8, 4) is 11.9 Å². The second kappa shape index (κ2) is 11.6. The van der Waals surface area contributed by atoms with Crippen LogP contribution < -0.4 is 10.5 Å². The summed E-state index contributed by atoms with van der Waals surface area (Å²) in [7, 11) is 0. The first kappa shape index (κ1) is 26.8. The van der Waals surface area contributed by atoms with Gasteiger partial charge in [0.1, 0.15) is 18.2 Å². The molecule has 11 heteroatoms. The molecule has 1 amide bonds. The van der Waals surface area contributed by atoms with Crippen LogP contribution in [0.5, 0.6) is 5.88 Å². The number of piperidine rings is 1. The lowest BCUT2D eigenvalue weighted by atomic mass is 9.94. The number of hydrogen-bond acceptors (Lipinski definition) is 8. The van der Waals surface area contributed by atoms with Crippen molar-refractivity contribution < 1.29 is 18.7 Å². The van der Waals surface area contributed by atoms with Crippen molar-refractivity contribution in [2.75, 3.05) is 19.7 Å². The highest BCUT2D eigenvalue weighted by atomic mass is 19.1. The van der Waals surface area contributed by atoms with Crippen LogP contribution in [0, 0.1) is 17.1 Å². The van der Waals surface area contributed by atoms with Crippen LogP contribution in [0.3, 0.4) is 0 Å². The zero-order valence-corrected chi connectivity index (χ0v) is 22.5. The van der Waals surface area contributed by atoms with Gasteiger partial charge < -0.3 is 19.8 Å². The van der Waals surface area contributed by atoms with E-state index in [2.05, 4.69) is 19.4 Å². The molecule has 1 atom stereocenters. The van der Waals surface area contributed by atoms with Crippen molar-refractivity contribution in [1.29, 1.82) is 5.26 Å². The van der Waals surface area contributed by atoms with E-state index in [1.807, 2.05) is 18.2 Å². The molecule has 2 aromatic heterocycles. The Morgan fingerprint density at radius 1 is 1.15 bits per heavy atom. The number of likely N-dealkylation sites (tertiary alicyclic amines) is 1. The van der Waals surface area contributed by atoms with Gasteiger partial charge in [-0.3, -0.25) is 14.7 Å². The van der Waals surface area contributed by atoms with Crippen LogP contribution in [0.4, 0.5) is 4.39 Å². The summed E-state index contributed by atoms with van der Waals surface area (Å²) in [6, 6.07) is 11.6. The fourth-order valence-corrected chi connectivity index (χ4v) is 5.38. The number of rotatable bonds is 9. The monoisotopic (exact) mass is 555 g/mol.